The van der Waals surface area contributed by atoms with Crippen molar-refractivity contribution >= 4 is 27.1 Å². The molecule has 0 amide bonds. The molecule has 1 aromatic heterocycles. The zero-order chi connectivity index (χ0) is 25.1. The Morgan fingerprint density at radius 2 is 1.80 bits per heavy atom. The summed E-state index contributed by atoms with van der Waals surface area (Å²) in [6.45, 7) is 0.387. The number of halogens is 3. The van der Waals surface area contributed by atoms with Crippen LogP contribution in [0.15, 0.2) is 64.2 Å². The minimum atomic E-state index is -4.49. The fourth-order valence-corrected chi connectivity index (χ4v) is 6.29. The van der Waals surface area contributed by atoms with E-state index in [4.69, 9.17) is 0 Å². The predicted molar refractivity (Wildman–Crippen MR) is 131 cm³/mol. The van der Waals surface area contributed by atoms with E-state index in [1.54, 1.807) is 6.07 Å². The normalized spacial score (nSPS) is 14.9. The Kier molecular flexibility index (Phi) is 7.78. The van der Waals surface area contributed by atoms with Crippen molar-refractivity contribution in [2.75, 3.05) is 6.54 Å². The van der Waals surface area contributed by atoms with Crippen molar-refractivity contribution in [3.8, 4) is 11.1 Å². The van der Waals surface area contributed by atoms with Gasteiger partial charge in [0.2, 0.25) is 10.0 Å². The van der Waals surface area contributed by atoms with Crippen molar-refractivity contribution in [1.82, 2.24) is 4.72 Å². The number of hydrogen-bond donors (Lipinski definition) is 1. The molecule has 0 radical (unpaired) electrons. The second kappa shape index (κ2) is 10.6. The molecule has 4 nitrogen and oxygen atoms in total. The number of sulfonamides is 1. The van der Waals surface area contributed by atoms with Crippen LogP contribution in [0.1, 0.15) is 42.4 Å². The lowest BCUT2D eigenvalue weighted by Crippen LogP contribution is -2.28. The predicted octanol–water partition coefficient (Wildman–Crippen LogP) is 6.26. The zero-order valence-electron chi connectivity index (χ0n) is 19.0. The molecule has 0 aliphatic heterocycles. The maximum atomic E-state index is 13.0. The SMILES string of the molecule is O=C(Cc1cccc(C(F)(F)F)c1)Cc1cc(S(=O)(=O)NCC2CCCC2)ccc1-c1ccsc1. The molecule has 9 heteroatoms. The first kappa shape index (κ1) is 25.6. The Labute approximate surface area is 207 Å². The fourth-order valence-electron chi connectivity index (χ4n) is 4.47. The molecule has 186 valence electrons. The Morgan fingerprint density at radius 3 is 2.49 bits per heavy atom. The first-order chi connectivity index (χ1) is 16.6. The average molecular weight is 522 g/mol. The van der Waals surface area contributed by atoms with Gasteiger partial charge in [-0.05, 0) is 76.0 Å². The smallest absolute Gasteiger partial charge is 0.299 e. The molecule has 1 aliphatic carbocycles. The Hall–Kier alpha value is -2.49. The highest BCUT2D eigenvalue weighted by Crippen LogP contribution is 2.31. The van der Waals surface area contributed by atoms with Crippen LogP contribution in [0.2, 0.25) is 0 Å². The van der Waals surface area contributed by atoms with Crippen LogP contribution >= 0.6 is 11.3 Å². The van der Waals surface area contributed by atoms with Gasteiger partial charge in [0.05, 0.1) is 10.5 Å². The average Bonchev–Trinajstić information content (AvgIpc) is 3.52. The maximum absolute atomic E-state index is 13.0. The van der Waals surface area contributed by atoms with Crippen LogP contribution in [-0.2, 0) is 33.8 Å². The summed E-state index contributed by atoms with van der Waals surface area (Å²) in [4.78, 5) is 13.0. The lowest BCUT2D eigenvalue weighted by atomic mass is 9.95. The largest absolute Gasteiger partial charge is 0.416 e. The number of nitrogens with one attached hydrogen (secondary N) is 1. The summed E-state index contributed by atoms with van der Waals surface area (Å²) in [5.41, 5.74) is 1.59. The van der Waals surface area contributed by atoms with Crippen LogP contribution in [-0.4, -0.2) is 20.7 Å². The number of carbonyl (C=O) groups is 1. The van der Waals surface area contributed by atoms with Crippen molar-refractivity contribution in [2.45, 2.75) is 49.6 Å². The Balaban J connectivity index is 1.56. The molecule has 0 saturated heterocycles. The van der Waals surface area contributed by atoms with E-state index in [1.165, 1.54) is 35.6 Å². The first-order valence-electron chi connectivity index (χ1n) is 11.4. The highest BCUT2D eigenvalue weighted by Gasteiger charge is 2.30. The molecule has 3 aromatic rings. The molecule has 1 fully saturated rings. The van der Waals surface area contributed by atoms with Crippen molar-refractivity contribution < 1.29 is 26.4 Å². The van der Waals surface area contributed by atoms with Crippen LogP contribution < -0.4 is 4.72 Å². The van der Waals surface area contributed by atoms with Crippen LogP contribution in [0, 0.1) is 5.92 Å². The zero-order valence-corrected chi connectivity index (χ0v) is 20.6. The van der Waals surface area contributed by atoms with Gasteiger partial charge >= 0.3 is 6.18 Å². The van der Waals surface area contributed by atoms with Gasteiger partial charge < -0.3 is 0 Å². The molecule has 0 unspecified atom stereocenters. The van der Waals surface area contributed by atoms with Crippen LogP contribution in [0.5, 0.6) is 0 Å². The summed E-state index contributed by atoms with van der Waals surface area (Å²) in [6.07, 6.45) is -0.514. The van der Waals surface area contributed by atoms with E-state index < -0.39 is 21.8 Å². The number of rotatable bonds is 9. The van der Waals surface area contributed by atoms with E-state index in [1.807, 2.05) is 16.8 Å². The van der Waals surface area contributed by atoms with Crippen LogP contribution in [0.4, 0.5) is 13.2 Å². The van der Waals surface area contributed by atoms with Crippen molar-refractivity contribution in [1.29, 1.82) is 0 Å². The van der Waals surface area contributed by atoms with Gasteiger partial charge in [0.15, 0.2) is 0 Å². The summed E-state index contributed by atoms with van der Waals surface area (Å²) in [6, 6.07) is 11.3. The second-order valence-electron chi connectivity index (χ2n) is 8.92. The molecule has 0 atom stereocenters. The van der Waals surface area contributed by atoms with Crippen molar-refractivity contribution in [2.24, 2.45) is 5.92 Å². The molecule has 1 aliphatic rings. The number of Topliss-reactive ketones (excluding diaryl/α,β-unsaturated/α-hetero) is 1. The Bertz CT molecular complexity index is 1280. The van der Waals surface area contributed by atoms with Gasteiger partial charge in [-0.15, -0.1) is 0 Å². The molecule has 1 saturated carbocycles. The third kappa shape index (κ3) is 6.59. The minimum Gasteiger partial charge on any atom is -0.299 e. The third-order valence-electron chi connectivity index (χ3n) is 6.30. The lowest BCUT2D eigenvalue weighted by molar-refractivity contribution is -0.137. The van der Waals surface area contributed by atoms with E-state index in [0.29, 0.717) is 18.0 Å². The standard InChI is InChI=1S/C26H26F3NO3S2/c27-26(28,29)22-7-3-6-19(12-22)13-23(31)14-21-15-24(8-9-25(21)20-10-11-34-17-20)35(32,33)30-16-18-4-1-2-5-18/h3,6-12,15,17-18,30H,1-2,4-5,13-14,16H2. The van der Waals surface area contributed by atoms with Gasteiger partial charge in [0.25, 0.3) is 0 Å². The topological polar surface area (TPSA) is 63.2 Å². The molecule has 0 spiro atoms. The second-order valence-corrected chi connectivity index (χ2v) is 11.5. The number of benzene rings is 2. The number of carbonyl (C=O) groups excluding carboxylic acids is 1. The maximum Gasteiger partial charge on any atom is 0.416 e. The summed E-state index contributed by atoms with van der Waals surface area (Å²) in [7, 11) is -3.76. The van der Waals surface area contributed by atoms with E-state index in [2.05, 4.69) is 4.72 Å². The molecule has 2 aromatic carbocycles. The van der Waals surface area contributed by atoms with E-state index in [0.717, 1.165) is 48.9 Å². The summed E-state index contributed by atoms with van der Waals surface area (Å²) in [5, 5.41) is 3.79. The van der Waals surface area contributed by atoms with Crippen molar-refractivity contribution in [3.05, 3.63) is 76.0 Å². The molecule has 1 N–H and O–H groups in total. The molecule has 35 heavy (non-hydrogen) atoms. The fraction of sp³-hybridized carbons (Fsp3) is 0.346. The molecule has 4 rings (SSSR count). The first-order valence-corrected chi connectivity index (χ1v) is 13.9. The monoisotopic (exact) mass is 521 g/mol. The quantitative estimate of drug-likeness (QED) is 0.362. The van der Waals surface area contributed by atoms with E-state index >= 15 is 0 Å². The van der Waals surface area contributed by atoms with Gasteiger partial charge in [0.1, 0.15) is 5.78 Å². The molecule has 0 bridgehead atoms. The number of alkyl halides is 3. The molecule has 1 heterocycles. The Morgan fingerprint density at radius 1 is 1.03 bits per heavy atom. The van der Waals surface area contributed by atoms with Gasteiger partial charge in [-0.3, -0.25) is 4.79 Å². The minimum absolute atomic E-state index is 0.0799. The summed E-state index contributed by atoms with van der Waals surface area (Å²) < 4.78 is 67.7. The van der Waals surface area contributed by atoms with Crippen molar-refractivity contribution in [3.63, 3.8) is 0 Å². The van der Waals surface area contributed by atoms with E-state index in [-0.39, 0.29) is 29.1 Å². The van der Waals surface area contributed by atoms with E-state index in [9.17, 15) is 26.4 Å². The summed E-state index contributed by atoms with van der Waals surface area (Å²) >= 11 is 1.48. The highest BCUT2D eigenvalue weighted by molar-refractivity contribution is 7.89. The van der Waals surface area contributed by atoms with Gasteiger partial charge in [-0.1, -0.05) is 37.1 Å². The lowest BCUT2D eigenvalue weighted by Gasteiger charge is -2.14. The highest BCUT2D eigenvalue weighted by atomic mass is 32.2. The van der Waals surface area contributed by atoms with Gasteiger partial charge in [-0.25, -0.2) is 13.1 Å². The van der Waals surface area contributed by atoms with Crippen LogP contribution in [0.25, 0.3) is 11.1 Å². The van der Waals surface area contributed by atoms with Crippen LogP contribution in [0.3, 0.4) is 0 Å². The number of ketones is 1. The van der Waals surface area contributed by atoms with Gasteiger partial charge in [-0.2, -0.15) is 24.5 Å². The number of hydrogen-bond acceptors (Lipinski definition) is 4. The summed E-state index contributed by atoms with van der Waals surface area (Å²) in [5.74, 6) is 0.0395. The van der Waals surface area contributed by atoms with Gasteiger partial charge in [0, 0.05) is 19.4 Å². The molecular weight excluding hydrogens is 495 g/mol. The number of thiophene rings is 1. The third-order valence-corrected chi connectivity index (χ3v) is 8.40. The molecular formula is C26H26F3NO3S2.